The predicted octanol–water partition coefficient (Wildman–Crippen LogP) is 6.58. The summed E-state index contributed by atoms with van der Waals surface area (Å²) in [4.78, 5) is 8.33. The van der Waals surface area contributed by atoms with Crippen molar-refractivity contribution in [1.82, 2.24) is 25.0 Å². The minimum absolute atomic E-state index is 0.0269. The van der Waals surface area contributed by atoms with Gasteiger partial charge in [-0.2, -0.15) is 0 Å². The molecule has 2 heterocycles. The third kappa shape index (κ3) is 6.08. The van der Waals surface area contributed by atoms with Gasteiger partial charge in [0.05, 0.1) is 0 Å². The summed E-state index contributed by atoms with van der Waals surface area (Å²) in [5.41, 5.74) is 1.21. The molecule has 0 bridgehead atoms. The summed E-state index contributed by atoms with van der Waals surface area (Å²) < 4.78 is 27.3. The number of methoxy groups -OCH3 is 1. The fourth-order valence-electron chi connectivity index (χ4n) is 4.49. The molecule has 2 aromatic heterocycles. The standard InChI is InChI=1S/C13H8ClFN5O.3C4H9.Sn/c1-21-11-6-9(16-7-17-11)12-10(20-5-4-18-19-20)3-2-8(14)13(12)15;3*1-3-4-2;/h2-3,5-7H,1H3;3*1,3-4H2,2H3;. The summed E-state index contributed by atoms with van der Waals surface area (Å²) >= 11 is 3.39. The first-order valence-electron chi connectivity index (χ1n) is 12.3. The van der Waals surface area contributed by atoms with Gasteiger partial charge in [-0.05, 0) is 0 Å². The summed E-state index contributed by atoms with van der Waals surface area (Å²) in [5, 5.41) is 9.28. The van der Waals surface area contributed by atoms with Gasteiger partial charge in [-0.3, -0.25) is 0 Å². The number of rotatable bonds is 13. The van der Waals surface area contributed by atoms with Crippen LogP contribution in [0.25, 0.3) is 16.9 Å². The predicted molar refractivity (Wildman–Crippen MR) is 138 cm³/mol. The van der Waals surface area contributed by atoms with E-state index in [2.05, 4.69) is 42.1 Å². The van der Waals surface area contributed by atoms with Crippen LogP contribution in [0.15, 0.2) is 30.7 Å². The molecule has 0 N–H and O–H groups in total. The number of unbranched alkanes of at least 4 members (excludes halogenated alkanes) is 3. The molecular weight excluding hydrogens is 559 g/mol. The second kappa shape index (κ2) is 12.8. The molecule has 0 atom stereocenters. The molecule has 0 amide bonds. The van der Waals surface area contributed by atoms with Gasteiger partial charge in [-0.1, -0.05) is 0 Å². The van der Waals surface area contributed by atoms with Crippen molar-refractivity contribution in [3.63, 3.8) is 0 Å². The molecule has 6 nitrogen and oxygen atoms in total. The Bertz CT molecular complexity index is 1060. The average molecular weight is 595 g/mol. The van der Waals surface area contributed by atoms with Gasteiger partial charge in [0.2, 0.25) is 0 Å². The van der Waals surface area contributed by atoms with Crippen LogP contribution in [0.5, 0.6) is 5.88 Å². The average Bonchev–Trinajstić information content (AvgIpc) is 3.36. The summed E-state index contributed by atoms with van der Waals surface area (Å²) in [6.07, 6.45) is 10.7. The van der Waals surface area contributed by atoms with Crippen LogP contribution in [0.2, 0.25) is 18.3 Å². The SMILES string of the molecule is CCC[CH2][Sn]([CH2]CCC)([CH2]CCC)[c]1cn(-c2ccc(Cl)c(F)c2-c2cc(OC)ncn2)nn1. The van der Waals surface area contributed by atoms with E-state index in [1.54, 1.807) is 22.9 Å². The molecule has 0 aliphatic heterocycles. The zero-order chi connectivity index (χ0) is 24.6. The van der Waals surface area contributed by atoms with Crippen molar-refractivity contribution >= 4 is 33.7 Å². The summed E-state index contributed by atoms with van der Waals surface area (Å²) in [6.45, 7) is 6.77. The van der Waals surface area contributed by atoms with Crippen molar-refractivity contribution in [2.24, 2.45) is 0 Å². The van der Waals surface area contributed by atoms with E-state index in [4.69, 9.17) is 21.4 Å². The molecule has 0 aliphatic carbocycles. The number of benzene rings is 1. The van der Waals surface area contributed by atoms with E-state index >= 15 is 4.39 Å². The molecule has 0 saturated carbocycles. The molecule has 0 saturated heterocycles. The molecule has 0 spiro atoms. The van der Waals surface area contributed by atoms with Gasteiger partial charge >= 0.3 is 212 Å². The third-order valence-corrected chi connectivity index (χ3v) is 21.8. The van der Waals surface area contributed by atoms with Gasteiger partial charge in [0.15, 0.2) is 0 Å². The van der Waals surface area contributed by atoms with Crippen molar-refractivity contribution in [1.29, 1.82) is 0 Å². The number of hydrogen-bond acceptors (Lipinski definition) is 5. The van der Waals surface area contributed by atoms with Crippen molar-refractivity contribution < 1.29 is 9.13 Å². The van der Waals surface area contributed by atoms with Crippen LogP contribution < -0.4 is 8.45 Å². The molecule has 3 aromatic rings. The Hall–Kier alpha value is -1.74. The van der Waals surface area contributed by atoms with Crippen molar-refractivity contribution in [3.05, 3.63) is 41.6 Å². The minimum atomic E-state index is -2.77. The molecular formula is C25H35ClFN5OSn. The van der Waals surface area contributed by atoms with Crippen LogP contribution in [-0.4, -0.2) is 50.4 Å². The molecule has 0 fully saturated rings. The zero-order valence-corrected chi connectivity index (χ0v) is 24.3. The van der Waals surface area contributed by atoms with Gasteiger partial charge in [0.1, 0.15) is 0 Å². The Morgan fingerprint density at radius 3 is 2.24 bits per heavy atom. The molecule has 1 aromatic carbocycles. The van der Waals surface area contributed by atoms with Gasteiger partial charge in [0, 0.05) is 0 Å². The molecule has 184 valence electrons. The summed E-state index contributed by atoms with van der Waals surface area (Å²) in [5.74, 6) is -0.196. The fraction of sp³-hybridized carbons (Fsp3) is 0.520. The molecule has 9 heteroatoms. The van der Waals surface area contributed by atoms with Gasteiger partial charge in [-0.25, -0.2) is 0 Å². The van der Waals surface area contributed by atoms with Crippen LogP contribution in [-0.2, 0) is 0 Å². The van der Waals surface area contributed by atoms with Crippen molar-refractivity contribution in [2.75, 3.05) is 7.11 Å². The van der Waals surface area contributed by atoms with Crippen LogP contribution in [0.1, 0.15) is 59.3 Å². The maximum atomic E-state index is 15.3. The second-order valence-electron chi connectivity index (χ2n) is 8.84. The number of nitrogens with zero attached hydrogens (tertiary/aromatic N) is 5. The van der Waals surface area contributed by atoms with E-state index < -0.39 is 24.2 Å². The Morgan fingerprint density at radius 1 is 1.00 bits per heavy atom. The zero-order valence-electron chi connectivity index (χ0n) is 20.7. The fourth-order valence-corrected chi connectivity index (χ4v) is 19.7. The summed E-state index contributed by atoms with van der Waals surface area (Å²) in [7, 11) is 1.51. The van der Waals surface area contributed by atoms with Crippen LogP contribution in [0.4, 0.5) is 4.39 Å². The van der Waals surface area contributed by atoms with Crippen molar-refractivity contribution in [3.8, 4) is 22.8 Å². The van der Waals surface area contributed by atoms with E-state index in [-0.39, 0.29) is 10.6 Å². The Morgan fingerprint density at radius 2 is 1.65 bits per heavy atom. The Balaban J connectivity index is 2.11. The van der Waals surface area contributed by atoms with Crippen LogP contribution >= 0.6 is 11.6 Å². The van der Waals surface area contributed by atoms with E-state index in [1.165, 1.54) is 69.0 Å². The first-order valence-corrected chi connectivity index (χ1v) is 20.1. The quantitative estimate of drug-likeness (QED) is 0.209. The summed E-state index contributed by atoms with van der Waals surface area (Å²) in [6, 6.07) is 4.93. The number of hydrogen-bond donors (Lipinski definition) is 0. The molecule has 3 rings (SSSR count). The van der Waals surface area contributed by atoms with Crippen LogP contribution in [0.3, 0.4) is 0 Å². The number of halogens is 2. The van der Waals surface area contributed by atoms with E-state index in [1.807, 2.05) is 0 Å². The van der Waals surface area contributed by atoms with Gasteiger partial charge in [0.25, 0.3) is 0 Å². The number of ether oxygens (including phenoxy) is 1. The molecule has 0 unspecified atom stereocenters. The molecule has 0 aliphatic rings. The first-order chi connectivity index (χ1) is 16.5. The van der Waals surface area contributed by atoms with Crippen LogP contribution in [0, 0.1) is 5.82 Å². The third-order valence-electron chi connectivity index (χ3n) is 6.49. The molecule has 0 radical (unpaired) electrons. The van der Waals surface area contributed by atoms with E-state index in [9.17, 15) is 0 Å². The van der Waals surface area contributed by atoms with E-state index in [0.29, 0.717) is 17.3 Å². The molecule has 34 heavy (non-hydrogen) atoms. The normalized spacial score (nSPS) is 11.7. The van der Waals surface area contributed by atoms with Gasteiger partial charge < -0.3 is 0 Å². The van der Waals surface area contributed by atoms with Crippen molar-refractivity contribution in [2.45, 2.75) is 72.6 Å². The van der Waals surface area contributed by atoms with Gasteiger partial charge in [-0.15, -0.1) is 0 Å². The first kappa shape index (κ1) is 26.9. The number of aromatic nitrogens is 5. The van der Waals surface area contributed by atoms with E-state index in [0.717, 1.165) is 0 Å². The Labute approximate surface area is 211 Å². The topological polar surface area (TPSA) is 65.7 Å². The monoisotopic (exact) mass is 595 g/mol. The second-order valence-corrected chi connectivity index (χ2v) is 22.3. The maximum absolute atomic E-state index is 15.3. The Kier molecular flexibility index (Phi) is 10.1.